The van der Waals surface area contributed by atoms with E-state index in [0.717, 1.165) is 10.8 Å². The monoisotopic (exact) mass is 238 g/mol. The summed E-state index contributed by atoms with van der Waals surface area (Å²) < 4.78 is 19.9. The van der Waals surface area contributed by atoms with E-state index in [1.165, 1.54) is 27.5 Å². The summed E-state index contributed by atoms with van der Waals surface area (Å²) in [7, 11) is 0.841. The predicted molar refractivity (Wildman–Crippen MR) is 36.5 cm³/mol. The molecule has 0 bridgehead atoms. The molecule has 0 heterocycles. The van der Waals surface area contributed by atoms with Crippen LogP contribution in [0, 0.1) is 0 Å². The molecule has 0 aliphatic carbocycles. The van der Waals surface area contributed by atoms with Gasteiger partial charge in [-0.3, -0.25) is 0 Å². The Balaban J connectivity index is 3.85. The van der Waals surface area contributed by atoms with Crippen LogP contribution in [0.15, 0.2) is 0 Å². The molecule has 2 nitrogen and oxygen atoms in total. The van der Waals surface area contributed by atoms with E-state index in [9.17, 15) is 8.42 Å². The van der Waals surface area contributed by atoms with Gasteiger partial charge in [0.1, 0.15) is 0 Å². The van der Waals surface area contributed by atoms with Gasteiger partial charge in [0.25, 0.3) is 6.04 Å². The highest BCUT2D eigenvalue weighted by atomic mass is 127. The van der Waals surface area contributed by atoms with E-state index in [0.29, 0.717) is 0 Å². The zero-order valence-electron chi connectivity index (χ0n) is 3.01. The van der Waals surface area contributed by atoms with Crippen molar-refractivity contribution in [1.82, 2.24) is 0 Å². The molecule has 0 rings (SSSR count). The zero-order valence-corrected chi connectivity index (χ0v) is 6.80. The third kappa shape index (κ3) is 5.03. The molecule has 0 radical (unpaired) electrons. The summed E-state index contributed by atoms with van der Waals surface area (Å²) in [4.78, 5) is 0. The van der Waals surface area contributed by atoms with Gasteiger partial charge in [0, 0.05) is 0 Å². The van der Waals surface area contributed by atoms with Crippen LogP contribution in [0.2, 0.25) is 0 Å². The molecule has 5 heteroatoms. The highest BCUT2D eigenvalue weighted by Crippen LogP contribution is 2.14. The molecule has 38 valence electrons. The Morgan fingerprint density at radius 1 is 1.67 bits per heavy atom. The third-order valence-electron chi connectivity index (χ3n) is 0.199. The SMILES string of the molecule is CSS(=O)(=O)I. The number of rotatable bonds is 1. The van der Waals surface area contributed by atoms with E-state index in [1.807, 2.05) is 0 Å². The summed E-state index contributed by atoms with van der Waals surface area (Å²) in [6, 6.07) is -2.78. The van der Waals surface area contributed by atoms with E-state index in [2.05, 4.69) is 0 Å². The minimum Gasteiger partial charge on any atom is -0.207 e. The molecule has 0 aliphatic rings. The molecule has 0 amide bonds. The third-order valence-corrected chi connectivity index (χ3v) is 5.03. The molecular formula is CH3IO2S2. The van der Waals surface area contributed by atoms with E-state index < -0.39 is 6.04 Å². The van der Waals surface area contributed by atoms with Crippen molar-refractivity contribution in [2.75, 3.05) is 6.26 Å². The highest BCUT2D eigenvalue weighted by molar-refractivity contribution is 14.2. The molecule has 0 saturated heterocycles. The van der Waals surface area contributed by atoms with Crippen molar-refractivity contribution in [3.8, 4) is 0 Å². The van der Waals surface area contributed by atoms with Gasteiger partial charge in [-0.15, -0.1) is 0 Å². The maximum atomic E-state index is 9.95. The van der Waals surface area contributed by atoms with Gasteiger partial charge in [0.2, 0.25) is 0 Å². The fraction of sp³-hybridized carbons (Fsp3) is 1.00. The first kappa shape index (κ1) is 7.03. The molecule has 0 N–H and O–H groups in total. The Labute approximate surface area is 52.6 Å². The van der Waals surface area contributed by atoms with Crippen molar-refractivity contribution in [1.29, 1.82) is 0 Å². The smallest absolute Gasteiger partial charge is 0.207 e. The summed E-state index contributed by atoms with van der Waals surface area (Å²) in [6.45, 7) is 0. The number of hydrogen-bond donors (Lipinski definition) is 0. The van der Waals surface area contributed by atoms with E-state index in [4.69, 9.17) is 0 Å². The van der Waals surface area contributed by atoms with Crippen LogP contribution in [0.3, 0.4) is 0 Å². The Bertz CT molecular complexity index is 114. The first-order chi connectivity index (χ1) is 2.56. The van der Waals surface area contributed by atoms with E-state index >= 15 is 0 Å². The Morgan fingerprint density at radius 2 is 1.83 bits per heavy atom. The molecule has 0 spiro atoms. The summed E-state index contributed by atoms with van der Waals surface area (Å²) in [5, 5.41) is 0. The van der Waals surface area contributed by atoms with Gasteiger partial charge in [-0.25, -0.2) is 8.42 Å². The molecule has 6 heavy (non-hydrogen) atoms. The normalized spacial score (nSPS) is 11.7. The highest BCUT2D eigenvalue weighted by Gasteiger charge is 1.95. The molecule has 0 fully saturated rings. The van der Waals surface area contributed by atoms with Crippen molar-refractivity contribution in [2.24, 2.45) is 0 Å². The lowest BCUT2D eigenvalue weighted by Crippen LogP contribution is -1.71. The van der Waals surface area contributed by atoms with Gasteiger partial charge >= 0.3 is 0 Å². The molecule has 0 unspecified atom stereocenters. The van der Waals surface area contributed by atoms with Gasteiger partial charge in [-0.1, -0.05) is 0 Å². The standard InChI is InChI=1S/CH3IO2S2/c1-5-6(2,3)4/h1H3. The number of hydrogen-bond acceptors (Lipinski definition) is 3. The predicted octanol–water partition coefficient (Wildman–Crippen LogP) is 1.03. The molecule has 0 aromatic carbocycles. The first-order valence-electron chi connectivity index (χ1n) is 1.06. The van der Waals surface area contributed by atoms with Crippen molar-refractivity contribution in [3.63, 3.8) is 0 Å². The lowest BCUT2D eigenvalue weighted by molar-refractivity contribution is 0.625. The van der Waals surface area contributed by atoms with Crippen LogP contribution < -0.4 is 0 Å². The van der Waals surface area contributed by atoms with Crippen LogP contribution in [0.4, 0.5) is 0 Å². The maximum absolute atomic E-state index is 9.95. The van der Waals surface area contributed by atoms with Crippen LogP contribution >= 0.6 is 32.0 Å². The minimum atomic E-state index is -2.78. The van der Waals surface area contributed by atoms with Gasteiger partial charge in [-0.05, 0) is 17.0 Å². The molecular weight excluding hydrogens is 235 g/mol. The summed E-state index contributed by atoms with van der Waals surface area (Å²) >= 11 is 1.38. The van der Waals surface area contributed by atoms with Gasteiger partial charge in [-0.2, -0.15) is 0 Å². The number of halogens is 1. The van der Waals surface area contributed by atoms with E-state index in [-0.39, 0.29) is 0 Å². The molecule has 0 aromatic heterocycles. The second-order valence-corrected chi connectivity index (χ2v) is 9.27. The molecule has 0 aliphatic heterocycles. The second-order valence-electron chi connectivity index (χ2n) is 0.560. The quantitative estimate of drug-likeness (QED) is 0.388. The molecule has 0 aromatic rings. The Kier molecular flexibility index (Phi) is 2.77. The largest absolute Gasteiger partial charge is 0.254 e. The zero-order chi connectivity index (χ0) is 5.21. The van der Waals surface area contributed by atoms with E-state index in [1.54, 1.807) is 0 Å². The van der Waals surface area contributed by atoms with Crippen LogP contribution in [0.25, 0.3) is 0 Å². The van der Waals surface area contributed by atoms with Crippen molar-refractivity contribution < 1.29 is 8.42 Å². The summed E-state index contributed by atoms with van der Waals surface area (Å²) in [6.07, 6.45) is 1.53. The average Bonchev–Trinajstić information content (AvgIpc) is 1.35. The summed E-state index contributed by atoms with van der Waals surface area (Å²) in [5.41, 5.74) is 0. The molecule has 0 atom stereocenters. The Hall–Kier alpha value is 1.03. The molecule has 0 saturated carbocycles. The van der Waals surface area contributed by atoms with Crippen molar-refractivity contribution >= 4 is 38.0 Å². The van der Waals surface area contributed by atoms with Gasteiger partial charge < -0.3 is 0 Å². The average molecular weight is 238 g/mol. The first-order valence-corrected chi connectivity index (χ1v) is 6.83. The van der Waals surface area contributed by atoms with Crippen LogP contribution in [-0.4, -0.2) is 14.7 Å². The Morgan fingerprint density at radius 3 is 1.83 bits per heavy atom. The second kappa shape index (κ2) is 2.37. The summed E-state index contributed by atoms with van der Waals surface area (Å²) in [5.74, 6) is 0. The fourth-order valence-corrected chi connectivity index (χ4v) is 0. The van der Waals surface area contributed by atoms with Crippen LogP contribution in [0.5, 0.6) is 0 Å². The van der Waals surface area contributed by atoms with Crippen molar-refractivity contribution in [3.05, 3.63) is 0 Å². The van der Waals surface area contributed by atoms with Crippen LogP contribution in [-0.2, 0) is 6.04 Å². The maximum Gasteiger partial charge on any atom is 0.254 e. The minimum absolute atomic E-state index is 0.841. The fourth-order valence-electron chi connectivity index (χ4n) is 0. The van der Waals surface area contributed by atoms with Crippen molar-refractivity contribution in [2.45, 2.75) is 0 Å². The van der Waals surface area contributed by atoms with Gasteiger partial charge in [0.15, 0.2) is 0 Å². The lowest BCUT2D eigenvalue weighted by atomic mass is 12.0. The topological polar surface area (TPSA) is 34.1 Å². The van der Waals surface area contributed by atoms with Gasteiger partial charge in [0.05, 0.1) is 21.2 Å². The lowest BCUT2D eigenvalue weighted by Gasteiger charge is -1.77. The van der Waals surface area contributed by atoms with Crippen LogP contribution in [0.1, 0.15) is 0 Å².